The predicted molar refractivity (Wildman–Crippen MR) is 210 cm³/mol. The van der Waals surface area contributed by atoms with E-state index >= 15 is 0 Å². The Morgan fingerprint density at radius 2 is 0.896 bits per heavy atom. The van der Waals surface area contributed by atoms with Crippen LogP contribution in [0, 0.1) is 0 Å². The fraction of sp³-hybridized carbons (Fsp3) is 0.442. The molecule has 0 amide bonds. The third-order valence-electron chi connectivity index (χ3n) is 11.5. The first-order chi connectivity index (χ1) is 22.8. The van der Waals surface area contributed by atoms with Gasteiger partial charge in [0.25, 0.3) is 0 Å². The fourth-order valence-corrected chi connectivity index (χ4v) is 19.3. The van der Waals surface area contributed by atoms with Gasteiger partial charge in [0.05, 0.1) is 0 Å². The van der Waals surface area contributed by atoms with Crippen molar-refractivity contribution in [2.45, 2.75) is 85.3 Å². The van der Waals surface area contributed by atoms with Gasteiger partial charge in [-0.25, -0.2) is 0 Å². The van der Waals surface area contributed by atoms with E-state index in [0.29, 0.717) is 0 Å². The van der Waals surface area contributed by atoms with Crippen molar-refractivity contribution >= 4 is 43.9 Å². The van der Waals surface area contributed by atoms with Gasteiger partial charge in [-0.1, -0.05) is 0 Å². The molecule has 0 aliphatic carbocycles. The molecule has 0 unspecified atom stereocenters. The van der Waals surface area contributed by atoms with Crippen LogP contribution in [-0.2, 0) is 23.9 Å². The molecule has 6 rings (SSSR count). The molecule has 0 atom stereocenters. The van der Waals surface area contributed by atoms with Gasteiger partial charge in [0.1, 0.15) is 0 Å². The number of hydrogen-bond acceptors (Lipinski definition) is 3. The number of benzene rings is 4. The molecule has 5 heteroatoms. The summed E-state index contributed by atoms with van der Waals surface area (Å²) in [6.45, 7) is 7.51. The Hall–Kier alpha value is -1.64. The number of nitrogens with zero attached hydrogens (tertiary/aromatic N) is 2. The summed E-state index contributed by atoms with van der Waals surface area (Å²) in [7, 11) is 0. The minimum absolute atomic E-state index is 0.463. The quantitative estimate of drug-likeness (QED) is 0.156. The molecule has 2 fully saturated rings. The van der Waals surface area contributed by atoms with Crippen LogP contribution < -0.4 is 7.16 Å². The number of aliphatic hydroxyl groups is 1. The summed E-state index contributed by atoms with van der Waals surface area (Å²) in [4.78, 5) is 20.7. The van der Waals surface area contributed by atoms with Gasteiger partial charge < -0.3 is 0 Å². The molecular weight excluding hydrogens is 798 g/mol. The van der Waals surface area contributed by atoms with Gasteiger partial charge in [0.15, 0.2) is 0 Å². The van der Waals surface area contributed by atoms with Crippen LogP contribution in [0.15, 0.2) is 109 Å². The molecule has 2 bridgehead atoms. The van der Waals surface area contributed by atoms with Crippen LogP contribution in [-0.4, -0.2) is 83.4 Å². The molecule has 0 aromatic heterocycles. The Labute approximate surface area is 299 Å². The number of likely N-dealkylation sites (tertiary alicyclic amines) is 2. The van der Waals surface area contributed by atoms with Crippen molar-refractivity contribution in [3.63, 3.8) is 0 Å². The van der Waals surface area contributed by atoms with Gasteiger partial charge in [0, 0.05) is 0 Å². The van der Waals surface area contributed by atoms with Crippen LogP contribution in [0.2, 0.25) is 29.6 Å². The summed E-state index contributed by atoms with van der Waals surface area (Å²) in [5.74, 6) is 0. The first-order valence-electron chi connectivity index (χ1n) is 18.3. The van der Waals surface area contributed by atoms with E-state index in [9.17, 15) is 5.11 Å². The first-order valence-corrected chi connectivity index (χ1v) is 38.3. The third-order valence-corrected chi connectivity index (χ3v) is 23.5. The topological polar surface area (TPSA) is 26.7 Å². The molecule has 4 aromatic carbocycles. The Bertz CT molecular complexity index is 1540. The summed E-state index contributed by atoms with van der Waals surface area (Å²) in [5.41, 5.74) is 3.72. The summed E-state index contributed by atoms with van der Waals surface area (Å²) >= 11 is -4.76. The maximum absolute atomic E-state index is 13.9. The fourth-order valence-electron chi connectivity index (χ4n) is 9.47. The van der Waals surface area contributed by atoms with Crippen LogP contribution in [0.25, 0.3) is 0 Å². The molecule has 2 heterocycles. The van der Waals surface area contributed by atoms with Gasteiger partial charge in [0.2, 0.25) is 0 Å². The molecule has 0 saturated carbocycles. The Balaban J connectivity index is 1.56. The second-order valence-electron chi connectivity index (χ2n) is 17.0. The first kappa shape index (κ1) is 36.2. The van der Waals surface area contributed by atoms with Crippen LogP contribution in [0.3, 0.4) is 0 Å². The van der Waals surface area contributed by atoms with Crippen molar-refractivity contribution in [2.24, 2.45) is 0 Å². The van der Waals surface area contributed by atoms with Crippen LogP contribution in [0.4, 0.5) is 0 Å². The van der Waals surface area contributed by atoms with E-state index in [2.05, 4.69) is 156 Å². The summed E-state index contributed by atoms with van der Waals surface area (Å²) in [6, 6.07) is 40.9. The molecule has 0 radical (unpaired) electrons. The predicted octanol–water partition coefficient (Wildman–Crippen LogP) is 7.91. The molecule has 1 N–H and O–H groups in total. The number of hydrogen-bond donors (Lipinski definition) is 1. The van der Waals surface area contributed by atoms with Crippen LogP contribution in [0.5, 0.6) is 0 Å². The SMILES string of the molecule is CCCCC1(O)C2(c3ccccc3)CN(Cc3cccc[c]3[Sn]([CH3])([CH3])[CH3])CC1(c1ccccc1)CN(Cc1cccc[c]1[Sn]([CH3])([CH3])[CH3])C2. The average molecular weight is 856 g/mol. The van der Waals surface area contributed by atoms with Crippen molar-refractivity contribution in [3.05, 3.63) is 131 Å². The van der Waals surface area contributed by atoms with Crippen molar-refractivity contribution in [1.82, 2.24) is 9.80 Å². The van der Waals surface area contributed by atoms with Crippen molar-refractivity contribution in [3.8, 4) is 0 Å². The molecule has 2 aliphatic rings. The van der Waals surface area contributed by atoms with E-state index in [1.165, 1.54) is 22.3 Å². The van der Waals surface area contributed by atoms with Gasteiger partial charge in [-0.2, -0.15) is 0 Å². The Morgan fingerprint density at radius 1 is 0.542 bits per heavy atom. The number of rotatable bonds is 11. The zero-order valence-corrected chi connectivity index (χ0v) is 36.3. The third kappa shape index (κ3) is 6.72. The van der Waals surface area contributed by atoms with Gasteiger partial charge in [-0.05, 0) is 0 Å². The molecule has 4 aromatic rings. The Morgan fingerprint density at radius 3 is 1.25 bits per heavy atom. The van der Waals surface area contributed by atoms with E-state index < -0.39 is 53.2 Å². The molecule has 2 saturated heterocycles. The molecule has 2 aliphatic heterocycles. The monoisotopic (exact) mass is 858 g/mol. The second kappa shape index (κ2) is 14.2. The average Bonchev–Trinajstić information content (AvgIpc) is 3.05. The van der Waals surface area contributed by atoms with Crippen LogP contribution in [0.1, 0.15) is 48.4 Å². The van der Waals surface area contributed by atoms with E-state index in [1.54, 1.807) is 7.16 Å². The molecule has 254 valence electrons. The number of piperidine rings is 2. The molecular formula is C43H58N2OSn2. The maximum atomic E-state index is 13.9. The summed E-state index contributed by atoms with van der Waals surface area (Å²) in [5, 5.41) is 13.9. The number of fused-ring (bicyclic) bond motifs is 2. The Kier molecular flexibility index (Phi) is 10.7. The minimum atomic E-state index is -2.38. The van der Waals surface area contributed by atoms with E-state index in [0.717, 1.165) is 58.5 Å². The van der Waals surface area contributed by atoms with Gasteiger partial charge in [-0.15, -0.1) is 0 Å². The van der Waals surface area contributed by atoms with Crippen molar-refractivity contribution < 1.29 is 5.11 Å². The second-order valence-corrected chi connectivity index (χ2v) is 45.7. The van der Waals surface area contributed by atoms with Crippen molar-refractivity contribution in [1.29, 1.82) is 0 Å². The van der Waals surface area contributed by atoms with Gasteiger partial charge in [-0.3, -0.25) is 0 Å². The van der Waals surface area contributed by atoms with Crippen molar-refractivity contribution in [2.75, 3.05) is 26.2 Å². The summed E-state index contributed by atoms with van der Waals surface area (Å²) < 4.78 is 3.25. The van der Waals surface area contributed by atoms with Gasteiger partial charge >= 0.3 is 302 Å². The zero-order chi connectivity index (χ0) is 34.2. The zero-order valence-electron chi connectivity index (χ0n) is 30.6. The molecule has 3 nitrogen and oxygen atoms in total. The molecule has 48 heavy (non-hydrogen) atoms. The van der Waals surface area contributed by atoms with Crippen LogP contribution >= 0.6 is 0 Å². The number of unbranched alkanes of at least 4 members (excludes halogenated alkanes) is 1. The van der Waals surface area contributed by atoms with E-state index in [-0.39, 0.29) is 0 Å². The van der Waals surface area contributed by atoms with E-state index in [1.807, 2.05) is 0 Å². The normalized spacial score (nSPS) is 25.2. The van der Waals surface area contributed by atoms with E-state index in [4.69, 9.17) is 0 Å². The summed E-state index contributed by atoms with van der Waals surface area (Å²) in [6.07, 6.45) is 2.89. The standard InChI is InChI=1S/C37H40N2O.6CH3.2Sn/c1-2-3-24-37(40)35(33-20-12-6-13-21-33)27-38(25-31-16-8-4-9-17-31)28-36(37,34-22-14-7-15-23-34)30-39(29-35)26-32-18-10-5-11-19-32;;;;;;;;/h4-16,18,20-23,40H,2-3,24-30H2,1H3;6*1H3;;. The molecule has 0 spiro atoms.